The summed E-state index contributed by atoms with van der Waals surface area (Å²) in [4.78, 5) is 15.0. The van der Waals surface area contributed by atoms with Crippen LogP contribution < -0.4 is 0 Å². The fraction of sp³-hybridized carbons (Fsp3) is 0.471. The number of halogens is 1. The molecule has 0 bridgehead atoms. The molecule has 0 aliphatic carbocycles. The van der Waals surface area contributed by atoms with E-state index in [1.54, 1.807) is 11.0 Å². The average Bonchev–Trinajstić information content (AvgIpc) is 2.90. The summed E-state index contributed by atoms with van der Waals surface area (Å²) >= 11 is 1.29. The number of hydrogen-bond donors (Lipinski definition) is 1. The lowest BCUT2D eigenvalue weighted by Crippen LogP contribution is -2.45. The van der Waals surface area contributed by atoms with Gasteiger partial charge in [-0.1, -0.05) is 13.0 Å². The third-order valence-corrected chi connectivity index (χ3v) is 5.64. The quantitative estimate of drug-likeness (QED) is 0.937. The van der Waals surface area contributed by atoms with Gasteiger partial charge in [-0.05, 0) is 24.5 Å². The summed E-state index contributed by atoms with van der Waals surface area (Å²) in [5, 5.41) is 10.5. The number of thiophene rings is 1. The number of methoxy groups -OCH3 is 1. The molecule has 3 rings (SSSR count). The van der Waals surface area contributed by atoms with Crippen LogP contribution in [0.3, 0.4) is 0 Å². The van der Waals surface area contributed by atoms with Gasteiger partial charge in [-0.25, -0.2) is 4.39 Å². The van der Waals surface area contributed by atoms with E-state index < -0.39 is 6.10 Å². The number of likely N-dealkylation sites (tertiary alicyclic amines) is 1. The van der Waals surface area contributed by atoms with Crippen molar-refractivity contribution in [2.24, 2.45) is 5.92 Å². The molecular weight excluding hydrogens is 317 g/mol. The van der Waals surface area contributed by atoms with Crippen molar-refractivity contribution in [3.8, 4) is 0 Å². The number of rotatable bonds is 3. The van der Waals surface area contributed by atoms with Gasteiger partial charge in [0.05, 0.1) is 17.6 Å². The Balaban J connectivity index is 2.00. The summed E-state index contributed by atoms with van der Waals surface area (Å²) in [6.07, 6.45) is 0.260. The van der Waals surface area contributed by atoms with Crippen LogP contribution in [-0.2, 0) is 11.3 Å². The van der Waals surface area contributed by atoms with E-state index in [0.29, 0.717) is 28.9 Å². The number of piperidine rings is 1. The molecule has 1 aromatic carbocycles. The Labute approximate surface area is 138 Å². The first kappa shape index (κ1) is 16.4. The van der Waals surface area contributed by atoms with Gasteiger partial charge in [0.15, 0.2) is 0 Å². The lowest BCUT2D eigenvalue weighted by molar-refractivity contribution is 0.0250. The number of hydrogen-bond acceptors (Lipinski definition) is 4. The van der Waals surface area contributed by atoms with Crippen LogP contribution >= 0.6 is 11.3 Å². The Bertz CT molecular complexity index is 730. The van der Waals surface area contributed by atoms with Crippen LogP contribution in [0.1, 0.15) is 28.6 Å². The van der Waals surface area contributed by atoms with Gasteiger partial charge in [0.25, 0.3) is 5.91 Å². The first-order chi connectivity index (χ1) is 11.0. The van der Waals surface area contributed by atoms with E-state index in [1.807, 2.05) is 13.0 Å². The molecule has 1 aromatic heterocycles. The van der Waals surface area contributed by atoms with E-state index >= 15 is 0 Å². The number of β-amino-alcohol motifs (C(OH)–C–C–N with tert-alkyl or cyclic N) is 1. The van der Waals surface area contributed by atoms with Gasteiger partial charge in [-0.2, -0.15) is 0 Å². The Hall–Kier alpha value is -1.50. The minimum Gasteiger partial charge on any atom is -0.391 e. The zero-order chi connectivity index (χ0) is 16.6. The second kappa shape index (κ2) is 6.55. The number of fused-ring (bicyclic) bond motifs is 1. The highest BCUT2D eigenvalue weighted by molar-refractivity contribution is 7.21. The highest BCUT2D eigenvalue weighted by Gasteiger charge is 2.30. The van der Waals surface area contributed by atoms with Crippen molar-refractivity contribution in [3.05, 3.63) is 34.5 Å². The highest BCUT2D eigenvalue weighted by atomic mass is 32.1. The summed E-state index contributed by atoms with van der Waals surface area (Å²) < 4.78 is 20.1. The lowest BCUT2D eigenvalue weighted by Gasteiger charge is -2.34. The topological polar surface area (TPSA) is 49.8 Å². The molecule has 1 N–H and O–H groups in total. The van der Waals surface area contributed by atoms with E-state index in [2.05, 4.69) is 0 Å². The molecule has 1 aliphatic rings. The van der Waals surface area contributed by atoms with Crippen molar-refractivity contribution >= 4 is 27.3 Å². The smallest absolute Gasteiger partial charge is 0.264 e. The summed E-state index contributed by atoms with van der Waals surface area (Å²) in [6, 6.07) is 4.85. The third kappa shape index (κ3) is 2.98. The lowest BCUT2D eigenvalue weighted by atomic mass is 9.96. The SMILES string of the molecule is COCc1c(C(=O)N2CCC(C)C(O)C2)sc2cccc(F)c12. The van der Waals surface area contributed by atoms with E-state index in [0.717, 1.165) is 11.1 Å². The zero-order valence-electron chi connectivity index (χ0n) is 13.2. The second-order valence-corrected chi connectivity index (χ2v) is 7.09. The van der Waals surface area contributed by atoms with E-state index in [-0.39, 0.29) is 24.2 Å². The molecule has 0 radical (unpaired) electrons. The third-order valence-electron chi connectivity index (χ3n) is 4.45. The monoisotopic (exact) mass is 337 g/mol. The maximum absolute atomic E-state index is 14.2. The molecule has 2 atom stereocenters. The van der Waals surface area contributed by atoms with E-state index in [1.165, 1.54) is 24.5 Å². The van der Waals surface area contributed by atoms with E-state index in [4.69, 9.17) is 4.74 Å². The Morgan fingerprint density at radius 1 is 1.52 bits per heavy atom. The van der Waals surface area contributed by atoms with Crippen LogP contribution in [0.5, 0.6) is 0 Å². The van der Waals surface area contributed by atoms with Gasteiger partial charge in [0.1, 0.15) is 5.82 Å². The molecule has 1 saturated heterocycles. The highest BCUT2D eigenvalue weighted by Crippen LogP contribution is 2.35. The number of ether oxygens (including phenoxy) is 1. The fourth-order valence-corrected chi connectivity index (χ4v) is 4.19. The number of carbonyl (C=O) groups excluding carboxylic acids is 1. The average molecular weight is 337 g/mol. The molecule has 0 spiro atoms. The van der Waals surface area contributed by atoms with Crippen LogP contribution in [0, 0.1) is 11.7 Å². The predicted molar refractivity (Wildman–Crippen MR) is 88.2 cm³/mol. The summed E-state index contributed by atoms with van der Waals surface area (Å²) in [7, 11) is 1.53. The summed E-state index contributed by atoms with van der Waals surface area (Å²) in [6.45, 7) is 3.11. The zero-order valence-corrected chi connectivity index (χ0v) is 14.0. The number of carbonyl (C=O) groups is 1. The summed E-state index contributed by atoms with van der Waals surface area (Å²) in [5.41, 5.74) is 0.601. The van der Waals surface area contributed by atoms with Gasteiger partial charge >= 0.3 is 0 Å². The standard InChI is InChI=1S/C17H20FNO3S/c1-10-6-7-19(8-13(10)20)17(21)16-11(9-22-2)15-12(18)4-3-5-14(15)23-16/h3-5,10,13,20H,6-9H2,1-2H3. The van der Waals surface area contributed by atoms with E-state index in [9.17, 15) is 14.3 Å². The minimum absolute atomic E-state index is 0.149. The molecule has 2 heterocycles. The predicted octanol–water partition coefficient (Wildman–Crippen LogP) is 3.03. The van der Waals surface area contributed by atoms with Gasteiger partial charge in [-0.3, -0.25) is 4.79 Å². The van der Waals surface area contributed by atoms with Crippen molar-refractivity contribution in [3.63, 3.8) is 0 Å². The normalized spacial score (nSPS) is 21.8. The van der Waals surface area contributed by atoms with Crippen LogP contribution in [-0.4, -0.2) is 42.2 Å². The van der Waals surface area contributed by atoms with Gasteiger partial charge < -0.3 is 14.7 Å². The first-order valence-electron chi connectivity index (χ1n) is 7.69. The van der Waals surface area contributed by atoms with Gasteiger partial charge in [-0.15, -0.1) is 11.3 Å². The summed E-state index contributed by atoms with van der Waals surface area (Å²) in [5.74, 6) is -0.293. The van der Waals surface area contributed by atoms with Crippen molar-refractivity contribution in [2.75, 3.05) is 20.2 Å². The molecular formula is C17H20FNO3S. The largest absolute Gasteiger partial charge is 0.391 e. The van der Waals surface area contributed by atoms with Crippen LogP contribution in [0.25, 0.3) is 10.1 Å². The maximum Gasteiger partial charge on any atom is 0.264 e. The Kier molecular flexibility index (Phi) is 4.66. The van der Waals surface area contributed by atoms with Crippen LogP contribution in [0.4, 0.5) is 4.39 Å². The van der Waals surface area contributed by atoms with Crippen molar-refractivity contribution in [1.29, 1.82) is 0 Å². The molecule has 23 heavy (non-hydrogen) atoms. The van der Waals surface area contributed by atoms with Crippen LogP contribution in [0.15, 0.2) is 18.2 Å². The molecule has 6 heteroatoms. The molecule has 2 aromatic rings. The Morgan fingerprint density at radius 2 is 2.30 bits per heavy atom. The molecule has 1 aliphatic heterocycles. The van der Waals surface area contributed by atoms with Gasteiger partial charge in [0, 0.05) is 35.8 Å². The number of benzene rings is 1. The van der Waals surface area contributed by atoms with Crippen LogP contribution in [0.2, 0.25) is 0 Å². The number of aliphatic hydroxyl groups is 1. The van der Waals surface area contributed by atoms with Crippen molar-refractivity contribution in [1.82, 2.24) is 4.90 Å². The Morgan fingerprint density at radius 3 is 3.00 bits per heavy atom. The number of aliphatic hydroxyl groups excluding tert-OH is 1. The molecule has 1 fully saturated rings. The second-order valence-electron chi connectivity index (χ2n) is 6.04. The fourth-order valence-electron chi connectivity index (χ4n) is 3.00. The molecule has 2 unspecified atom stereocenters. The molecule has 4 nitrogen and oxygen atoms in total. The first-order valence-corrected chi connectivity index (χ1v) is 8.50. The molecule has 124 valence electrons. The van der Waals surface area contributed by atoms with Crippen molar-refractivity contribution in [2.45, 2.75) is 26.1 Å². The maximum atomic E-state index is 14.2. The number of amides is 1. The van der Waals surface area contributed by atoms with Crippen molar-refractivity contribution < 1.29 is 19.0 Å². The molecule has 0 saturated carbocycles. The minimum atomic E-state index is -0.510. The molecule has 1 amide bonds. The van der Waals surface area contributed by atoms with Gasteiger partial charge in [0.2, 0.25) is 0 Å². The number of nitrogens with zero attached hydrogens (tertiary/aromatic N) is 1.